The average Bonchev–Trinajstić information content (AvgIpc) is 2.20. The van der Waals surface area contributed by atoms with Crippen molar-refractivity contribution in [2.45, 2.75) is 19.4 Å². The van der Waals surface area contributed by atoms with Crippen LogP contribution in [0.5, 0.6) is 0 Å². The number of thioether (sulfide) groups is 1. The Bertz CT molecular complexity index is 180. The summed E-state index contributed by atoms with van der Waals surface area (Å²) in [6.45, 7) is 4.14. The van der Waals surface area contributed by atoms with Crippen molar-refractivity contribution in [1.29, 1.82) is 0 Å². The van der Waals surface area contributed by atoms with E-state index in [1.54, 1.807) is 0 Å². The van der Waals surface area contributed by atoms with Gasteiger partial charge in [0.2, 0.25) is 0 Å². The number of hydrogen-bond donors (Lipinski definition) is 2. The van der Waals surface area contributed by atoms with E-state index in [0.717, 1.165) is 31.0 Å². The van der Waals surface area contributed by atoms with Gasteiger partial charge in [0.05, 0.1) is 6.04 Å². The van der Waals surface area contributed by atoms with Gasteiger partial charge < -0.3 is 10.9 Å². The highest BCUT2D eigenvalue weighted by Gasteiger charge is 2.22. The fraction of sp³-hybridized carbons (Fsp3) is 0.875. The van der Waals surface area contributed by atoms with Gasteiger partial charge >= 0.3 is 0 Å². The van der Waals surface area contributed by atoms with Gasteiger partial charge in [-0.15, -0.1) is 0 Å². The van der Waals surface area contributed by atoms with Gasteiger partial charge in [-0.05, 0) is 6.42 Å². The van der Waals surface area contributed by atoms with Crippen molar-refractivity contribution < 1.29 is 5.21 Å². The molecule has 1 saturated heterocycles. The average molecular weight is 203 g/mol. The number of nitrogens with zero attached hydrogens (tertiary/aromatic N) is 2. The Hall–Kier alpha value is -0.420. The second-order valence-corrected chi connectivity index (χ2v) is 4.32. The summed E-state index contributed by atoms with van der Waals surface area (Å²) in [5, 5.41) is 11.7. The summed E-state index contributed by atoms with van der Waals surface area (Å²) >= 11 is 1.96. The third-order valence-corrected chi connectivity index (χ3v) is 3.27. The predicted octanol–water partition coefficient (Wildman–Crippen LogP) is 0.560. The lowest BCUT2D eigenvalue weighted by molar-refractivity contribution is 0.248. The van der Waals surface area contributed by atoms with Gasteiger partial charge in [0.25, 0.3) is 0 Å². The molecule has 1 aliphatic rings. The van der Waals surface area contributed by atoms with Gasteiger partial charge in [0.1, 0.15) is 0 Å². The normalized spacial score (nSPS) is 23.0. The van der Waals surface area contributed by atoms with Crippen molar-refractivity contribution >= 4 is 17.6 Å². The minimum absolute atomic E-state index is 0.117. The first-order valence-corrected chi connectivity index (χ1v) is 5.74. The molecule has 0 radical (unpaired) electrons. The lowest BCUT2D eigenvalue weighted by atomic mass is 10.1. The summed E-state index contributed by atoms with van der Waals surface area (Å²) in [6, 6.07) is 0.117. The molecule has 0 aromatic carbocycles. The van der Waals surface area contributed by atoms with Gasteiger partial charge in [0.15, 0.2) is 5.84 Å². The number of rotatable bonds is 3. The number of oxime groups is 1. The topological polar surface area (TPSA) is 61.9 Å². The first-order valence-electron chi connectivity index (χ1n) is 4.58. The highest BCUT2D eigenvalue weighted by atomic mass is 32.2. The van der Waals surface area contributed by atoms with Crippen LogP contribution < -0.4 is 5.73 Å². The van der Waals surface area contributed by atoms with Gasteiger partial charge in [0, 0.05) is 24.6 Å². The molecule has 1 rings (SSSR count). The molecule has 0 aromatic rings. The van der Waals surface area contributed by atoms with Crippen molar-refractivity contribution in [1.82, 2.24) is 4.90 Å². The Balaban J connectivity index is 2.53. The molecule has 0 aliphatic carbocycles. The van der Waals surface area contributed by atoms with Crippen LogP contribution in [0.2, 0.25) is 0 Å². The van der Waals surface area contributed by atoms with E-state index in [0.29, 0.717) is 5.84 Å². The molecule has 0 spiro atoms. The Labute approximate surface area is 83.2 Å². The Morgan fingerprint density at radius 1 is 1.62 bits per heavy atom. The van der Waals surface area contributed by atoms with Gasteiger partial charge in [-0.25, -0.2) is 0 Å². The maximum atomic E-state index is 8.60. The second kappa shape index (κ2) is 5.34. The summed E-state index contributed by atoms with van der Waals surface area (Å²) in [5.41, 5.74) is 5.61. The highest BCUT2D eigenvalue weighted by Crippen LogP contribution is 2.13. The monoisotopic (exact) mass is 203 g/mol. The zero-order valence-electron chi connectivity index (χ0n) is 7.94. The van der Waals surface area contributed by atoms with E-state index >= 15 is 0 Å². The summed E-state index contributed by atoms with van der Waals surface area (Å²) in [6.07, 6.45) is 0.903. The Morgan fingerprint density at radius 3 is 2.69 bits per heavy atom. The lowest BCUT2D eigenvalue weighted by Crippen LogP contribution is -2.48. The first-order chi connectivity index (χ1) is 6.29. The fourth-order valence-corrected chi connectivity index (χ4v) is 2.54. The van der Waals surface area contributed by atoms with Crippen molar-refractivity contribution in [2.24, 2.45) is 10.9 Å². The van der Waals surface area contributed by atoms with E-state index in [9.17, 15) is 0 Å². The van der Waals surface area contributed by atoms with Crippen LogP contribution in [0.1, 0.15) is 13.3 Å². The maximum Gasteiger partial charge on any atom is 0.156 e. The molecule has 0 aromatic heterocycles. The molecule has 76 valence electrons. The third kappa shape index (κ3) is 2.77. The largest absolute Gasteiger partial charge is 0.409 e. The molecule has 1 aliphatic heterocycles. The van der Waals surface area contributed by atoms with Gasteiger partial charge in [-0.2, -0.15) is 11.8 Å². The Morgan fingerprint density at radius 2 is 2.23 bits per heavy atom. The van der Waals surface area contributed by atoms with Crippen LogP contribution in [-0.4, -0.2) is 46.6 Å². The van der Waals surface area contributed by atoms with E-state index in [-0.39, 0.29) is 6.04 Å². The molecule has 13 heavy (non-hydrogen) atoms. The zero-order chi connectivity index (χ0) is 9.68. The Kier molecular flexibility index (Phi) is 4.38. The molecule has 5 heteroatoms. The van der Waals surface area contributed by atoms with E-state index in [1.165, 1.54) is 0 Å². The lowest BCUT2D eigenvalue weighted by Gasteiger charge is -2.32. The molecule has 1 fully saturated rings. The van der Waals surface area contributed by atoms with Crippen LogP contribution in [0.15, 0.2) is 5.16 Å². The number of hydrogen-bond acceptors (Lipinski definition) is 4. The molecular weight excluding hydrogens is 186 g/mol. The van der Waals surface area contributed by atoms with Crippen LogP contribution in [0, 0.1) is 0 Å². The van der Waals surface area contributed by atoms with Crippen molar-refractivity contribution in [3.63, 3.8) is 0 Å². The van der Waals surface area contributed by atoms with E-state index in [4.69, 9.17) is 10.9 Å². The molecule has 0 bridgehead atoms. The quantitative estimate of drug-likeness (QED) is 0.304. The zero-order valence-corrected chi connectivity index (χ0v) is 8.76. The summed E-state index contributed by atoms with van der Waals surface area (Å²) in [5.74, 6) is 2.64. The molecule has 0 saturated carbocycles. The summed E-state index contributed by atoms with van der Waals surface area (Å²) < 4.78 is 0. The van der Waals surface area contributed by atoms with E-state index in [2.05, 4.69) is 17.0 Å². The molecule has 0 amide bonds. The molecule has 1 heterocycles. The SMILES string of the molecule is CCC(C(N)=NO)N1CCSCC1. The maximum absolute atomic E-state index is 8.60. The smallest absolute Gasteiger partial charge is 0.156 e. The van der Waals surface area contributed by atoms with Gasteiger partial charge in [-0.1, -0.05) is 12.1 Å². The molecule has 1 unspecified atom stereocenters. The summed E-state index contributed by atoms with van der Waals surface area (Å²) in [4.78, 5) is 2.28. The van der Waals surface area contributed by atoms with Gasteiger partial charge in [-0.3, -0.25) is 4.90 Å². The molecule has 3 N–H and O–H groups in total. The molecular formula is C8H17N3OS. The van der Waals surface area contributed by atoms with Crippen LogP contribution in [0.3, 0.4) is 0 Å². The van der Waals surface area contributed by atoms with Crippen molar-refractivity contribution in [2.75, 3.05) is 24.6 Å². The second-order valence-electron chi connectivity index (χ2n) is 3.10. The fourth-order valence-electron chi connectivity index (χ4n) is 1.61. The number of amidine groups is 1. The minimum atomic E-state index is 0.117. The van der Waals surface area contributed by atoms with Crippen molar-refractivity contribution in [3.05, 3.63) is 0 Å². The third-order valence-electron chi connectivity index (χ3n) is 2.33. The van der Waals surface area contributed by atoms with Crippen LogP contribution in [-0.2, 0) is 0 Å². The predicted molar refractivity (Wildman–Crippen MR) is 56.4 cm³/mol. The van der Waals surface area contributed by atoms with Crippen LogP contribution in [0.4, 0.5) is 0 Å². The van der Waals surface area contributed by atoms with E-state index in [1.807, 2.05) is 11.8 Å². The standard InChI is InChI=1S/C8H17N3OS/c1-2-7(8(9)10-12)11-3-5-13-6-4-11/h7,12H,2-6H2,1H3,(H2,9,10). The number of nitrogens with two attached hydrogens (primary N) is 1. The first kappa shape index (κ1) is 10.7. The van der Waals surface area contributed by atoms with E-state index < -0.39 is 0 Å². The molecule has 1 atom stereocenters. The minimum Gasteiger partial charge on any atom is -0.409 e. The van der Waals surface area contributed by atoms with Crippen LogP contribution >= 0.6 is 11.8 Å². The highest BCUT2D eigenvalue weighted by molar-refractivity contribution is 7.99. The van der Waals surface area contributed by atoms with Crippen LogP contribution in [0.25, 0.3) is 0 Å². The summed E-state index contributed by atoms with van der Waals surface area (Å²) in [7, 11) is 0. The molecule has 4 nitrogen and oxygen atoms in total. The van der Waals surface area contributed by atoms with Crippen molar-refractivity contribution in [3.8, 4) is 0 Å².